The average molecular weight is 274 g/mol. The molecule has 0 aromatic carbocycles. The number of carbonyl (C=O) groups excluding carboxylic acids is 1. The molecule has 0 radical (unpaired) electrons. The van der Waals surface area contributed by atoms with Gasteiger partial charge in [0.25, 0.3) is 0 Å². The van der Waals surface area contributed by atoms with Gasteiger partial charge in [0.1, 0.15) is 0 Å². The Morgan fingerprint density at radius 1 is 1.39 bits per heavy atom. The molecule has 2 heterocycles. The first-order chi connectivity index (χ1) is 8.34. The Balaban J connectivity index is 2.04. The number of nitrogens with zero attached hydrogens (tertiary/aromatic N) is 1. The van der Waals surface area contributed by atoms with E-state index in [-0.39, 0.29) is 23.5 Å². The molecule has 2 aliphatic heterocycles. The fourth-order valence-corrected chi connectivity index (χ4v) is 4.65. The third-order valence-electron chi connectivity index (χ3n) is 4.17. The van der Waals surface area contributed by atoms with E-state index in [0.717, 1.165) is 25.8 Å². The Hall–Kier alpha value is -0.620. The second-order valence-electron chi connectivity index (χ2n) is 5.69. The van der Waals surface area contributed by atoms with Crippen LogP contribution in [-0.2, 0) is 14.6 Å². The number of piperidine rings is 1. The van der Waals surface area contributed by atoms with E-state index in [1.807, 2.05) is 6.92 Å². The number of hydrogen-bond donors (Lipinski definition) is 1. The van der Waals surface area contributed by atoms with E-state index in [4.69, 9.17) is 0 Å². The third-order valence-corrected chi connectivity index (χ3v) is 5.92. The number of sulfone groups is 1. The molecule has 18 heavy (non-hydrogen) atoms. The van der Waals surface area contributed by atoms with E-state index in [0.29, 0.717) is 6.42 Å². The Kier molecular flexibility index (Phi) is 3.69. The molecular weight excluding hydrogens is 252 g/mol. The molecule has 2 aliphatic rings. The highest BCUT2D eigenvalue weighted by Crippen LogP contribution is 2.24. The van der Waals surface area contributed by atoms with Crippen molar-refractivity contribution in [3.63, 3.8) is 0 Å². The van der Waals surface area contributed by atoms with Gasteiger partial charge < -0.3 is 10.2 Å². The van der Waals surface area contributed by atoms with Crippen LogP contribution in [0.1, 0.15) is 32.6 Å². The van der Waals surface area contributed by atoms with Gasteiger partial charge in [-0.2, -0.15) is 0 Å². The van der Waals surface area contributed by atoms with Gasteiger partial charge in [-0.3, -0.25) is 4.79 Å². The van der Waals surface area contributed by atoms with Crippen LogP contribution in [0.5, 0.6) is 0 Å². The number of likely N-dealkylation sites (N-methyl/N-ethyl adjacent to an activating group) is 1. The summed E-state index contributed by atoms with van der Waals surface area (Å²) in [4.78, 5) is 14.1. The fourth-order valence-electron chi connectivity index (χ4n) is 2.87. The Morgan fingerprint density at radius 2 is 2.11 bits per heavy atom. The number of nitrogens with one attached hydrogen (secondary N) is 1. The third kappa shape index (κ3) is 2.69. The van der Waals surface area contributed by atoms with Gasteiger partial charge in [0.15, 0.2) is 9.84 Å². The molecular formula is C12H22N2O3S. The van der Waals surface area contributed by atoms with Crippen LogP contribution in [0.15, 0.2) is 0 Å². The maximum Gasteiger partial charge on any atom is 0.242 e. The van der Waals surface area contributed by atoms with Gasteiger partial charge in [-0.25, -0.2) is 8.42 Å². The monoisotopic (exact) mass is 274 g/mol. The smallest absolute Gasteiger partial charge is 0.242 e. The SMILES string of the molecule is CN(C(=O)C1(C)CCCCN1)C1CCS(=O)(=O)C1. The Morgan fingerprint density at radius 3 is 2.61 bits per heavy atom. The molecule has 0 aromatic heterocycles. The lowest BCUT2D eigenvalue weighted by Crippen LogP contribution is -2.59. The molecule has 6 heteroatoms. The quantitative estimate of drug-likeness (QED) is 0.779. The molecule has 0 aliphatic carbocycles. The van der Waals surface area contributed by atoms with Crippen LogP contribution < -0.4 is 5.32 Å². The highest BCUT2D eigenvalue weighted by molar-refractivity contribution is 7.91. The van der Waals surface area contributed by atoms with Crippen LogP contribution >= 0.6 is 0 Å². The van der Waals surface area contributed by atoms with Crippen LogP contribution in [-0.4, -0.2) is 55.9 Å². The van der Waals surface area contributed by atoms with Crippen molar-refractivity contribution in [3.05, 3.63) is 0 Å². The molecule has 2 saturated heterocycles. The first kappa shape index (κ1) is 13.8. The molecule has 2 atom stereocenters. The zero-order chi connectivity index (χ0) is 13.4. The van der Waals surface area contributed by atoms with Crippen molar-refractivity contribution in [2.24, 2.45) is 0 Å². The van der Waals surface area contributed by atoms with Crippen LogP contribution in [0, 0.1) is 0 Å². The maximum absolute atomic E-state index is 12.5. The molecule has 2 fully saturated rings. The van der Waals surface area contributed by atoms with Crippen molar-refractivity contribution >= 4 is 15.7 Å². The molecule has 104 valence electrons. The maximum atomic E-state index is 12.5. The summed E-state index contributed by atoms with van der Waals surface area (Å²) in [5, 5.41) is 3.28. The molecule has 0 aromatic rings. The highest BCUT2D eigenvalue weighted by Gasteiger charge is 2.41. The second kappa shape index (κ2) is 4.81. The topological polar surface area (TPSA) is 66.5 Å². The predicted molar refractivity (Wildman–Crippen MR) is 70.1 cm³/mol. The standard InChI is InChI=1S/C12H22N2O3S/c1-12(6-3-4-7-13-12)11(15)14(2)10-5-8-18(16,17)9-10/h10,13H,3-9H2,1-2H3. The summed E-state index contributed by atoms with van der Waals surface area (Å²) in [6, 6.07) is -0.150. The number of hydrogen-bond acceptors (Lipinski definition) is 4. The summed E-state index contributed by atoms with van der Waals surface area (Å²) in [5.41, 5.74) is -0.515. The lowest BCUT2D eigenvalue weighted by Gasteiger charge is -2.38. The molecule has 2 unspecified atom stereocenters. The van der Waals surface area contributed by atoms with Crippen molar-refractivity contribution in [1.82, 2.24) is 10.2 Å². The van der Waals surface area contributed by atoms with Crippen LogP contribution in [0.3, 0.4) is 0 Å². The minimum atomic E-state index is -2.94. The first-order valence-corrected chi connectivity index (χ1v) is 8.39. The van der Waals surface area contributed by atoms with Crippen molar-refractivity contribution < 1.29 is 13.2 Å². The van der Waals surface area contributed by atoms with Gasteiger partial charge in [0.2, 0.25) is 5.91 Å². The Labute approximate surface area is 109 Å². The number of rotatable bonds is 2. The van der Waals surface area contributed by atoms with E-state index < -0.39 is 15.4 Å². The van der Waals surface area contributed by atoms with E-state index in [1.54, 1.807) is 11.9 Å². The first-order valence-electron chi connectivity index (χ1n) is 6.57. The summed E-state index contributed by atoms with van der Waals surface area (Å²) in [6.45, 7) is 2.79. The summed E-state index contributed by atoms with van der Waals surface area (Å²) >= 11 is 0. The van der Waals surface area contributed by atoms with Gasteiger partial charge in [-0.05, 0) is 39.2 Å². The van der Waals surface area contributed by atoms with E-state index in [2.05, 4.69) is 5.32 Å². The van der Waals surface area contributed by atoms with E-state index in [9.17, 15) is 13.2 Å². The summed E-state index contributed by atoms with van der Waals surface area (Å²) in [7, 11) is -1.21. The van der Waals surface area contributed by atoms with Gasteiger partial charge >= 0.3 is 0 Å². The highest BCUT2D eigenvalue weighted by atomic mass is 32.2. The van der Waals surface area contributed by atoms with Crippen LogP contribution in [0.4, 0.5) is 0 Å². The molecule has 0 spiro atoms. The van der Waals surface area contributed by atoms with Crippen LogP contribution in [0.2, 0.25) is 0 Å². The predicted octanol–water partition coefficient (Wildman–Crippen LogP) is 0.164. The molecule has 0 bridgehead atoms. The molecule has 0 saturated carbocycles. The van der Waals surface area contributed by atoms with Crippen molar-refractivity contribution in [2.45, 2.75) is 44.2 Å². The molecule has 2 rings (SSSR count). The summed E-state index contributed by atoms with van der Waals surface area (Å²) in [6.07, 6.45) is 3.55. The average Bonchev–Trinajstić information content (AvgIpc) is 2.69. The van der Waals surface area contributed by atoms with Crippen LogP contribution in [0.25, 0.3) is 0 Å². The van der Waals surface area contributed by atoms with Gasteiger partial charge in [-0.1, -0.05) is 0 Å². The largest absolute Gasteiger partial charge is 0.340 e. The minimum absolute atomic E-state index is 0.0318. The lowest BCUT2D eigenvalue weighted by atomic mass is 9.89. The Bertz CT molecular complexity index is 427. The van der Waals surface area contributed by atoms with E-state index in [1.165, 1.54) is 0 Å². The number of carbonyl (C=O) groups is 1. The normalized spacial score (nSPS) is 35.3. The van der Waals surface area contributed by atoms with Crippen molar-refractivity contribution in [3.8, 4) is 0 Å². The molecule has 5 nitrogen and oxygen atoms in total. The van der Waals surface area contributed by atoms with E-state index >= 15 is 0 Å². The van der Waals surface area contributed by atoms with Gasteiger partial charge in [-0.15, -0.1) is 0 Å². The van der Waals surface area contributed by atoms with Crippen molar-refractivity contribution in [1.29, 1.82) is 0 Å². The summed E-state index contributed by atoms with van der Waals surface area (Å²) < 4.78 is 22.9. The zero-order valence-corrected chi connectivity index (χ0v) is 11.9. The van der Waals surface area contributed by atoms with Crippen molar-refractivity contribution in [2.75, 3.05) is 25.1 Å². The van der Waals surface area contributed by atoms with Gasteiger partial charge in [0, 0.05) is 13.1 Å². The lowest BCUT2D eigenvalue weighted by molar-refractivity contribution is -0.139. The van der Waals surface area contributed by atoms with Gasteiger partial charge in [0.05, 0.1) is 17.0 Å². The molecule has 1 amide bonds. The zero-order valence-electron chi connectivity index (χ0n) is 11.1. The molecule has 1 N–H and O–H groups in total. The summed E-state index contributed by atoms with van der Waals surface area (Å²) in [5.74, 6) is 0.356. The second-order valence-corrected chi connectivity index (χ2v) is 7.92. The fraction of sp³-hybridized carbons (Fsp3) is 0.917. The number of amides is 1. The minimum Gasteiger partial charge on any atom is -0.340 e.